The fourth-order valence-corrected chi connectivity index (χ4v) is 3.70. The van der Waals surface area contributed by atoms with Crippen molar-refractivity contribution in [3.05, 3.63) is 60.2 Å². The van der Waals surface area contributed by atoms with Gasteiger partial charge in [-0.1, -0.05) is 53.8 Å². The van der Waals surface area contributed by atoms with Crippen LogP contribution in [0.3, 0.4) is 0 Å². The lowest BCUT2D eigenvalue weighted by Gasteiger charge is -2.08. The van der Waals surface area contributed by atoms with Gasteiger partial charge in [0, 0.05) is 6.21 Å². The second kappa shape index (κ2) is 7.15. The van der Waals surface area contributed by atoms with Crippen LogP contribution in [0.5, 0.6) is 0 Å². The zero-order valence-corrected chi connectivity index (χ0v) is 14.6. The summed E-state index contributed by atoms with van der Waals surface area (Å²) in [5.41, 5.74) is 2.34. The molecular weight excluding hydrogens is 348 g/mol. The number of fused-ring (bicyclic) bond motifs is 1. The molecule has 2 heterocycles. The number of hydrogen-bond acceptors (Lipinski definition) is 6. The molecule has 1 aromatic heterocycles. The summed E-state index contributed by atoms with van der Waals surface area (Å²) in [6.07, 6.45) is 1.57. The van der Waals surface area contributed by atoms with Crippen LogP contribution in [-0.2, 0) is 4.79 Å². The van der Waals surface area contributed by atoms with Gasteiger partial charge in [-0.2, -0.15) is 10.1 Å². The maximum Gasteiger partial charge on any atom is 0.264 e. The predicted octanol–water partition coefficient (Wildman–Crippen LogP) is 2.73. The number of amides is 1. The number of benzene rings is 2. The SMILES string of the molecule is O=C1C(C=NCCO)C(c2ccccc2)=NN1c1nc2ccccc2s1. The van der Waals surface area contributed by atoms with E-state index in [1.807, 2.05) is 54.6 Å². The van der Waals surface area contributed by atoms with E-state index in [0.29, 0.717) is 10.8 Å². The van der Waals surface area contributed by atoms with Crippen molar-refractivity contribution in [3.8, 4) is 0 Å². The van der Waals surface area contributed by atoms with Crippen molar-refractivity contribution in [1.29, 1.82) is 0 Å². The van der Waals surface area contributed by atoms with Crippen molar-refractivity contribution in [2.45, 2.75) is 0 Å². The number of rotatable bonds is 5. The topological polar surface area (TPSA) is 78.1 Å². The van der Waals surface area contributed by atoms with Crippen molar-refractivity contribution in [2.24, 2.45) is 16.0 Å². The van der Waals surface area contributed by atoms with E-state index in [0.717, 1.165) is 15.8 Å². The Morgan fingerprint density at radius 1 is 1.15 bits per heavy atom. The largest absolute Gasteiger partial charge is 0.394 e. The van der Waals surface area contributed by atoms with Crippen LogP contribution in [0, 0.1) is 5.92 Å². The molecule has 1 amide bonds. The average Bonchev–Trinajstić information content (AvgIpc) is 3.24. The smallest absolute Gasteiger partial charge is 0.264 e. The van der Waals surface area contributed by atoms with Crippen molar-refractivity contribution in [2.75, 3.05) is 18.2 Å². The van der Waals surface area contributed by atoms with Crippen molar-refractivity contribution >= 4 is 44.5 Å². The van der Waals surface area contributed by atoms with E-state index >= 15 is 0 Å². The number of aromatic nitrogens is 1. The Morgan fingerprint density at radius 3 is 2.69 bits per heavy atom. The van der Waals surface area contributed by atoms with Gasteiger partial charge in [0.25, 0.3) is 5.91 Å². The second-order valence-corrected chi connectivity index (χ2v) is 6.73. The van der Waals surface area contributed by atoms with E-state index in [4.69, 9.17) is 5.11 Å². The van der Waals surface area contributed by atoms with Gasteiger partial charge in [-0.25, -0.2) is 4.98 Å². The maximum absolute atomic E-state index is 13.0. The number of hydrazone groups is 1. The van der Waals surface area contributed by atoms with Crippen LogP contribution in [0.25, 0.3) is 10.2 Å². The molecule has 0 radical (unpaired) electrons. The number of para-hydroxylation sites is 1. The summed E-state index contributed by atoms with van der Waals surface area (Å²) in [5, 5.41) is 15.4. The second-order valence-electron chi connectivity index (χ2n) is 5.72. The van der Waals surface area contributed by atoms with Gasteiger partial charge < -0.3 is 5.11 Å². The number of aliphatic hydroxyl groups is 1. The highest BCUT2D eigenvalue weighted by atomic mass is 32.1. The third-order valence-corrected chi connectivity index (χ3v) is 5.01. The molecule has 130 valence electrons. The molecule has 7 heteroatoms. The van der Waals surface area contributed by atoms with Gasteiger partial charge in [0.2, 0.25) is 5.13 Å². The van der Waals surface area contributed by atoms with Crippen LogP contribution in [0.1, 0.15) is 5.56 Å². The lowest BCUT2D eigenvalue weighted by atomic mass is 9.98. The number of thiazole rings is 1. The molecule has 0 saturated carbocycles. The standard InChI is InChI=1S/C19H16N4O2S/c24-11-10-20-12-14-17(13-6-2-1-3-7-13)22-23(18(14)25)19-21-15-8-4-5-9-16(15)26-19/h1-9,12,14,24H,10-11H2. The molecule has 2 aromatic carbocycles. The van der Waals surface area contributed by atoms with Crippen LogP contribution in [0.2, 0.25) is 0 Å². The first kappa shape index (κ1) is 16.6. The summed E-state index contributed by atoms with van der Waals surface area (Å²) in [4.78, 5) is 21.7. The zero-order chi connectivity index (χ0) is 17.9. The first-order chi connectivity index (χ1) is 12.8. The molecule has 1 aliphatic rings. The lowest BCUT2D eigenvalue weighted by molar-refractivity contribution is -0.118. The van der Waals surface area contributed by atoms with Crippen LogP contribution in [0.4, 0.5) is 5.13 Å². The molecule has 26 heavy (non-hydrogen) atoms. The summed E-state index contributed by atoms with van der Waals surface area (Å²) < 4.78 is 1.00. The first-order valence-corrected chi connectivity index (χ1v) is 9.04. The van der Waals surface area contributed by atoms with E-state index in [1.54, 1.807) is 6.21 Å². The van der Waals surface area contributed by atoms with Gasteiger partial charge in [-0.05, 0) is 17.7 Å². The molecule has 6 nitrogen and oxygen atoms in total. The summed E-state index contributed by atoms with van der Waals surface area (Å²) in [5.74, 6) is -0.777. The Balaban J connectivity index is 1.75. The molecule has 1 aliphatic heterocycles. The van der Waals surface area contributed by atoms with Crippen LogP contribution < -0.4 is 5.01 Å². The average molecular weight is 364 g/mol. The quantitative estimate of drug-likeness (QED) is 0.707. The normalized spacial score (nSPS) is 17.4. The highest BCUT2D eigenvalue weighted by molar-refractivity contribution is 7.22. The molecule has 1 N–H and O–H groups in total. The Labute approximate surface area is 154 Å². The van der Waals surface area contributed by atoms with Crippen molar-refractivity contribution in [1.82, 2.24) is 4.98 Å². The highest BCUT2D eigenvalue weighted by Gasteiger charge is 2.37. The number of anilines is 1. The minimum absolute atomic E-state index is 0.0587. The number of aliphatic imine (C=N–C) groups is 1. The molecular formula is C19H16N4O2S. The van der Waals surface area contributed by atoms with E-state index in [-0.39, 0.29) is 19.1 Å². The van der Waals surface area contributed by atoms with Crippen molar-refractivity contribution < 1.29 is 9.90 Å². The molecule has 0 saturated heterocycles. The van der Waals surface area contributed by atoms with Gasteiger partial charge in [0.1, 0.15) is 5.92 Å². The van der Waals surface area contributed by atoms with Gasteiger partial charge in [0.05, 0.1) is 29.1 Å². The third-order valence-electron chi connectivity index (χ3n) is 3.99. The molecule has 0 fully saturated rings. The Morgan fingerprint density at radius 2 is 1.92 bits per heavy atom. The van der Waals surface area contributed by atoms with E-state index in [2.05, 4.69) is 15.1 Å². The molecule has 0 spiro atoms. The van der Waals surface area contributed by atoms with E-state index < -0.39 is 5.92 Å². The molecule has 3 aromatic rings. The first-order valence-electron chi connectivity index (χ1n) is 8.22. The summed E-state index contributed by atoms with van der Waals surface area (Å²) >= 11 is 1.43. The zero-order valence-electron chi connectivity index (χ0n) is 13.8. The monoisotopic (exact) mass is 364 g/mol. The van der Waals surface area contributed by atoms with Gasteiger partial charge in [-0.3, -0.25) is 9.79 Å². The van der Waals surface area contributed by atoms with Crippen LogP contribution >= 0.6 is 11.3 Å². The van der Waals surface area contributed by atoms with Crippen molar-refractivity contribution in [3.63, 3.8) is 0 Å². The fourth-order valence-electron chi connectivity index (χ4n) is 2.77. The van der Waals surface area contributed by atoms with E-state index in [9.17, 15) is 4.79 Å². The fraction of sp³-hybridized carbons (Fsp3) is 0.158. The minimum atomic E-state index is -0.587. The molecule has 4 rings (SSSR count). The Bertz CT molecular complexity index is 964. The predicted molar refractivity (Wildman–Crippen MR) is 104 cm³/mol. The lowest BCUT2D eigenvalue weighted by Crippen LogP contribution is -2.28. The number of aliphatic hydroxyl groups excluding tert-OH is 1. The maximum atomic E-state index is 13.0. The Kier molecular flexibility index (Phi) is 4.55. The summed E-state index contributed by atoms with van der Waals surface area (Å²) in [6.45, 7) is 0.198. The number of carbonyl (C=O) groups excluding carboxylic acids is 1. The highest BCUT2D eigenvalue weighted by Crippen LogP contribution is 2.32. The Hall–Kier alpha value is -2.90. The van der Waals surface area contributed by atoms with Crippen LogP contribution in [-0.4, -0.2) is 41.1 Å². The molecule has 0 aliphatic carbocycles. The summed E-state index contributed by atoms with van der Waals surface area (Å²) in [6, 6.07) is 17.3. The van der Waals surface area contributed by atoms with E-state index in [1.165, 1.54) is 16.3 Å². The van der Waals surface area contributed by atoms with Gasteiger partial charge in [-0.15, -0.1) is 0 Å². The molecule has 1 unspecified atom stereocenters. The number of carbonyl (C=O) groups is 1. The summed E-state index contributed by atoms with van der Waals surface area (Å²) in [7, 11) is 0. The number of hydrogen-bond donors (Lipinski definition) is 1. The van der Waals surface area contributed by atoms with Crippen LogP contribution in [0.15, 0.2) is 64.7 Å². The molecule has 1 atom stereocenters. The molecule has 0 bridgehead atoms. The van der Waals surface area contributed by atoms with Gasteiger partial charge in [0.15, 0.2) is 0 Å². The minimum Gasteiger partial charge on any atom is -0.394 e. The number of nitrogens with zero attached hydrogens (tertiary/aromatic N) is 4. The third kappa shape index (κ3) is 3.02. The van der Waals surface area contributed by atoms with Gasteiger partial charge >= 0.3 is 0 Å².